The van der Waals surface area contributed by atoms with Gasteiger partial charge in [-0.25, -0.2) is 9.59 Å². The number of rotatable bonds is 14. The van der Waals surface area contributed by atoms with Gasteiger partial charge in [0.25, 0.3) is 0 Å². The van der Waals surface area contributed by atoms with Crippen molar-refractivity contribution in [3.8, 4) is 5.75 Å². The molecule has 1 amide bonds. The number of methoxy groups -OCH3 is 2. The summed E-state index contributed by atoms with van der Waals surface area (Å²) < 4.78 is 31.2. The molecule has 0 aliphatic rings. The van der Waals surface area contributed by atoms with Crippen LogP contribution in [0.2, 0.25) is 0 Å². The number of esters is 1. The van der Waals surface area contributed by atoms with Crippen molar-refractivity contribution in [2.75, 3.05) is 53.9 Å². The van der Waals surface area contributed by atoms with Gasteiger partial charge in [-0.15, -0.1) is 0 Å². The van der Waals surface area contributed by atoms with Gasteiger partial charge < -0.3 is 33.7 Å². The molecule has 0 spiro atoms. The number of ether oxygens (including phenoxy) is 6. The average Bonchev–Trinajstić information content (AvgIpc) is 2.71. The molecule has 0 saturated carbocycles. The van der Waals surface area contributed by atoms with Crippen LogP contribution in [-0.2, 0) is 34.9 Å². The number of benzene rings is 1. The molecule has 0 saturated heterocycles. The number of alkyl carbamates (subject to hydrolysis) is 1. The Morgan fingerprint density at radius 2 is 1.48 bits per heavy atom. The molecule has 0 heterocycles. The lowest BCUT2D eigenvalue weighted by Gasteiger charge is -2.22. The van der Waals surface area contributed by atoms with Crippen LogP contribution in [0.1, 0.15) is 26.3 Å². The van der Waals surface area contributed by atoms with Crippen LogP contribution >= 0.6 is 0 Å². The summed E-state index contributed by atoms with van der Waals surface area (Å²) in [6.07, 6.45) is -0.412. The van der Waals surface area contributed by atoms with E-state index >= 15 is 0 Å². The maximum Gasteiger partial charge on any atom is 0.408 e. The van der Waals surface area contributed by atoms with Crippen LogP contribution in [0.5, 0.6) is 5.75 Å². The van der Waals surface area contributed by atoms with Gasteiger partial charge in [-0.05, 0) is 38.5 Å². The predicted octanol–water partition coefficient (Wildman–Crippen LogP) is 2.35. The number of amides is 1. The Hall–Kier alpha value is -2.36. The van der Waals surface area contributed by atoms with Crippen molar-refractivity contribution >= 4 is 12.1 Å². The number of carbonyl (C=O) groups is 2. The maximum atomic E-state index is 12.0. The zero-order valence-electron chi connectivity index (χ0n) is 19.1. The van der Waals surface area contributed by atoms with Crippen molar-refractivity contribution < 1.29 is 38.0 Å². The van der Waals surface area contributed by atoms with E-state index in [-0.39, 0.29) is 6.42 Å². The number of hydrogen-bond acceptors (Lipinski definition) is 8. The summed E-state index contributed by atoms with van der Waals surface area (Å²) in [6.45, 7) is 8.22. The number of hydrogen-bond donors (Lipinski definition) is 1. The lowest BCUT2D eigenvalue weighted by Crippen LogP contribution is -2.45. The second kappa shape index (κ2) is 14.6. The minimum Gasteiger partial charge on any atom is -0.491 e. The number of nitrogens with one attached hydrogen (secondary N) is 1. The van der Waals surface area contributed by atoms with Gasteiger partial charge >= 0.3 is 12.1 Å². The first-order valence-corrected chi connectivity index (χ1v) is 10.2. The van der Waals surface area contributed by atoms with Crippen molar-refractivity contribution in [1.29, 1.82) is 0 Å². The molecule has 9 nitrogen and oxygen atoms in total. The standard InChI is InChI=1S/C22H35NO8/c1-22(2,3)31-21(25)23-19(20(24)27-5)16-17-6-8-18(9-7-17)30-15-14-29-13-12-28-11-10-26-4/h6-9,19H,10-16H2,1-5H3,(H,23,25)/t19-/m0/s1. The van der Waals surface area contributed by atoms with E-state index in [0.717, 1.165) is 5.56 Å². The van der Waals surface area contributed by atoms with E-state index in [4.69, 9.17) is 28.4 Å². The van der Waals surface area contributed by atoms with Crippen molar-refractivity contribution in [1.82, 2.24) is 5.32 Å². The van der Waals surface area contributed by atoms with Crippen LogP contribution in [0.25, 0.3) is 0 Å². The molecule has 176 valence electrons. The third-order valence-corrected chi connectivity index (χ3v) is 3.84. The highest BCUT2D eigenvalue weighted by atomic mass is 16.6. The van der Waals surface area contributed by atoms with Gasteiger partial charge in [0.2, 0.25) is 0 Å². The Kier molecular flexibility index (Phi) is 12.6. The van der Waals surface area contributed by atoms with Gasteiger partial charge in [0.05, 0.1) is 40.1 Å². The molecule has 0 aliphatic heterocycles. The molecule has 0 aromatic heterocycles. The Labute approximate surface area is 184 Å². The second-order valence-corrected chi connectivity index (χ2v) is 7.64. The lowest BCUT2D eigenvalue weighted by atomic mass is 10.1. The van der Waals surface area contributed by atoms with E-state index in [1.807, 2.05) is 12.1 Å². The normalized spacial score (nSPS) is 12.2. The monoisotopic (exact) mass is 441 g/mol. The molecular weight excluding hydrogens is 406 g/mol. The van der Waals surface area contributed by atoms with Gasteiger partial charge in [-0.1, -0.05) is 12.1 Å². The highest BCUT2D eigenvalue weighted by Crippen LogP contribution is 2.14. The van der Waals surface area contributed by atoms with Gasteiger partial charge in [0.15, 0.2) is 0 Å². The molecule has 0 unspecified atom stereocenters. The van der Waals surface area contributed by atoms with Gasteiger partial charge in [0.1, 0.15) is 24.0 Å². The Morgan fingerprint density at radius 1 is 0.903 bits per heavy atom. The van der Waals surface area contributed by atoms with Crippen molar-refractivity contribution in [2.24, 2.45) is 0 Å². The summed E-state index contributed by atoms with van der Waals surface area (Å²) in [5.41, 5.74) is 0.174. The van der Waals surface area contributed by atoms with Crippen LogP contribution in [0.15, 0.2) is 24.3 Å². The molecular formula is C22H35NO8. The Morgan fingerprint density at radius 3 is 2.03 bits per heavy atom. The molecule has 1 aromatic rings. The summed E-state index contributed by atoms with van der Waals surface area (Å²) >= 11 is 0. The summed E-state index contributed by atoms with van der Waals surface area (Å²) in [4.78, 5) is 24.0. The first-order chi connectivity index (χ1) is 14.7. The third-order valence-electron chi connectivity index (χ3n) is 3.84. The summed E-state index contributed by atoms with van der Waals surface area (Å²) in [6, 6.07) is 6.39. The van der Waals surface area contributed by atoms with E-state index < -0.39 is 23.7 Å². The number of carbonyl (C=O) groups excluding carboxylic acids is 2. The van der Waals surface area contributed by atoms with E-state index in [0.29, 0.717) is 45.4 Å². The maximum absolute atomic E-state index is 12.0. The quantitative estimate of drug-likeness (QED) is 0.347. The van der Waals surface area contributed by atoms with Crippen molar-refractivity contribution in [3.63, 3.8) is 0 Å². The van der Waals surface area contributed by atoms with E-state index in [1.54, 1.807) is 40.0 Å². The van der Waals surface area contributed by atoms with Crippen LogP contribution in [-0.4, -0.2) is 77.6 Å². The summed E-state index contributed by atoms with van der Waals surface area (Å²) in [7, 11) is 2.90. The van der Waals surface area contributed by atoms with Gasteiger partial charge in [-0.2, -0.15) is 0 Å². The SMILES string of the molecule is COCCOCCOCCOc1ccc(C[C@H](NC(=O)OC(C)(C)C)C(=O)OC)cc1. The second-order valence-electron chi connectivity index (χ2n) is 7.64. The summed E-state index contributed by atoms with van der Waals surface area (Å²) in [5, 5.41) is 2.56. The predicted molar refractivity (Wildman–Crippen MR) is 114 cm³/mol. The molecule has 1 aromatic carbocycles. The van der Waals surface area contributed by atoms with E-state index in [1.165, 1.54) is 7.11 Å². The van der Waals surface area contributed by atoms with Gasteiger partial charge in [0, 0.05) is 13.5 Å². The molecule has 9 heteroatoms. The molecule has 0 bridgehead atoms. The Bertz CT molecular complexity index is 642. The summed E-state index contributed by atoms with van der Waals surface area (Å²) in [5.74, 6) is 0.132. The lowest BCUT2D eigenvalue weighted by molar-refractivity contribution is -0.143. The van der Waals surface area contributed by atoms with Crippen molar-refractivity contribution in [3.05, 3.63) is 29.8 Å². The smallest absolute Gasteiger partial charge is 0.408 e. The van der Waals surface area contributed by atoms with E-state index in [9.17, 15) is 9.59 Å². The molecule has 1 atom stereocenters. The van der Waals surface area contributed by atoms with Gasteiger partial charge in [-0.3, -0.25) is 0 Å². The zero-order valence-corrected chi connectivity index (χ0v) is 19.1. The van der Waals surface area contributed by atoms with Crippen LogP contribution in [0.4, 0.5) is 4.79 Å². The minimum absolute atomic E-state index is 0.262. The highest BCUT2D eigenvalue weighted by Gasteiger charge is 2.25. The molecule has 0 radical (unpaired) electrons. The fourth-order valence-corrected chi connectivity index (χ4v) is 2.43. The van der Waals surface area contributed by atoms with Crippen LogP contribution < -0.4 is 10.1 Å². The van der Waals surface area contributed by atoms with E-state index in [2.05, 4.69) is 5.32 Å². The molecule has 0 aliphatic carbocycles. The average molecular weight is 442 g/mol. The molecule has 1 rings (SSSR count). The molecule has 0 fully saturated rings. The highest BCUT2D eigenvalue weighted by molar-refractivity contribution is 5.81. The third kappa shape index (κ3) is 12.8. The fourth-order valence-electron chi connectivity index (χ4n) is 2.43. The largest absolute Gasteiger partial charge is 0.491 e. The first kappa shape index (κ1) is 26.7. The van der Waals surface area contributed by atoms with Crippen LogP contribution in [0, 0.1) is 0 Å². The van der Waals surface area contributed by atoms with Crippen molar-refractivity contribution in [2.45, 2.75) is 38.8 Å². The molecule has 1 N–H and O–H groups in total. The fraction of sp³-hybridized carbons (Fsp3) is 0.636. The van der Waals surface area contributed by atoms with Crippen LogP contribution in [0.3, 0.4) is 0 Å². The minimum atomic E-state index is -0.855. The molecule has 31 heavy (non-hydrogen) atoms. The Balaban J connectivity index is 2.40. The zero-order chi connectivity index (χ0) is 23.1. The topological polar surface area (TPSA) is 102 Å². The first-order valence-electron chi connectivity index (χ1n) is 10.2.